The number of anilines is 1. The number of benzene rings is 1. The first-order chi connectivity index (χ1) is 13.9. The first-order valence-electron chi connectivity index (χ1n) is 9.66. The van der Waals surface area contributed by atoms with Crippen molar-refractivity contribution in [2.75, 3.05) is 11.9 Å². The van der Waals surface area contributed by atoms with Crippen LogP contribution in [-0.2, 0) is 17.6 Å². The molecule has 7 heteroatoms. The van der Waals surface area contributed by atoms with Gasteiger partial charge in [-0.15, -0.1) is 11.3 Å². The molecule has 1 amide bonds. The molecule has 0 bridgehead atoms. The highest BCUT2D eigenvalue weighted by Gasteiger charge is 2.23. The van der Waals surface area contributed by atoms with Crippen molar-refractivity contribution in [2.45, 2.75) is 46.0 Å². The van der Waals surface area contributed by atoms with Crippen LogP contribution in [0, 0.1) is 28.0 Å². The summed E-state index contributed by atoms with van der Waals surface area (Å²) in [7, 11) is 0. The molecule has 3 rings (SSSR count). The number of nitrogens with zero attached hydrogens (tertiary/aromatic N) is 1. The summed E-state index contributed by atoms with van der Waals surface area (Å²) >= 11 is 10.4. The van der Waals surface area contributed by atoms with Crippen molar-refractivity contribution >= 4 is 50.4 Å². The van der Waals surface area contributed by atoms with Gasteiger partial charge >= 0.3 is 0 Å². The van der Waals surface area contributed by atoms with Crippen LogP contribution in [0.25, 0.3) is 0 Å². The van der Waals surface area contributed by atoms with Crippen molar-refractivity contribution in [3.05, 3.63) is 48.7 Å². The zero-order valence-corrected chi connectivity index (χ0v) is 19.7. The van der Waals surface area contributed by atoms with E-state index in [0.29, 0.717) is 35.9 Å². The number of carbonyl (C=O) groups is 1. The maximum absolute atomic E-state index is 12.4. The summed E-state index contributed by atoms with van der Waals surface area (Å²) in [6.45, 7) is 4.67. The van der Waals surface area contributed by atoms with E-state index in [-0.39, 0.29) is 5.91 Å². The van der Waals surface area contributed by atoms with Gasteiger partial charge in [0.2, 0.25) is 5.91 Å². The molecule has 29 heavy (non-hydrogen) atoms. The lowest BCUT2D eigenvalue weighted by molar-refractivity contribution is -0.116. The third-order valence-electron chi connectivity index (χ3n) is 5.03. The Bertz CT molecular complexity index is 1030. The molecule has 4 nitrogen and oxygen atoms in total. The van der Waals surface area contributed by atoms with Gasteiger partial charge in [0.05, 0.1) is 20.5 Å². The number of aryl methyl sites for hydroxylation is 1. The van der Waals surface area contributed by atoms with Gasteiger partial charge < -0.3 is 10.1 Å². The minimum absolute atomic E-state index is 0.122. The normalized spacial score (nSPS) is 15.3. The molecule has 1 aromatic heterocycles. The lowest BCUT2D eigenvalue weighted by atomic mass is 9.85. The van der Waals surface area contributed by atoms with E-state index in [2.05, 4.69) is 34.2 Å². The van der Waals surface area contributed by atoms with Crippen LogP contribution in [0.1, 0.15) is 48.4 Å². The van der Waals surface area contributed by atoms with Crippen LogP contribution in [0.4, 0.5) is 5.00 Å². The number of carbonyl (C=O) groups excluding carboxylic acids is 1. The summed E-state index contributed by atoms with van der Waals surface area (Å²) in [5, 5.41) is 13.2. The predicted octanol–water partition coefficient (Wildman–Crippen LogP) is 6.34. The zero-order chi connectivity index (χ0) is 21.0. The van der Waals surface area contributed by atoms with Gasteiger partial charge in [-0.05, 0) is 83.3 Å². The van der Waals surface area contributed by atoms with E-state index in [0.717, 1.165) is 50.0 Å². The van der Waals surface area contributed by atoms with Crippen molar-refractivity contribution in [1.29, 1.82) is 5.26 Å². The van der Waals surface area contributed by atoms with Crippen LogP contribution in [0.15, 0.2) is 22.7 Å². The van der Waals surface area contributed by atoms with E-state index >= 15 is 0 Å². The SMILES string of the molecule is Cc1ccc(OCCCC(=O)Nc2sc(=S)c3c(c2C#N)CCC(C)C3)c(Br)c1. The largest absolute Gasteiger partial charge is 0.492 e. The monoisotopic (exact) mass is 490 g/mol. The second-order valence-corrected chi connectivity index (χ2v) is 9.99. The zero-order valence-electron chi connectivity index (χ0n) is 16.5. The van der Waals surface area contributed by atoms with Crippen LogP contribution < -0.4 is 10.1 Å². The molecule has 1 aliphatic rings. The summed E-state index contributed by atoms with van der Waals surface area (Å²) in [5.74, 6) is 1.23. The number of hydrogen-bond donors (Lipinski definition) is 1. The van der Waals surface area contributed by atoms with E-state index in [1.807, 2.05) is 25.1 Å². The number of rotatable bonds is 6. The average molecular weight is 491 g/mol. The molecule has 0 spiro atoms. The second kappa shape index (κ2) is 9.84. The van der Waals surface area contributed by atoms with Gasteiger partial charge in [0.25, 0.3) is 0 Å². The minimum atomic E-state index is -0.122. The van der Waals surface area contributed by atoms with Crippen LogP contribution >= 0.6 is 39.5 Å². The van der Waals surface area contributed by atoms with Gasteiger partial charge in [-0.1, -0.05) is 25.2 Å². The highest BCUT2D eigenvalue weighted by Crippen LogP contribution is 2.36. The fourth-order valence-electron chi connectivity index (χ4n) is 3.47. The lowest BCUT2D eigenvalue weighted by Gasteiger charge is -2.23. The highest BCUT2D eigenvalue weighted by molar-refractivity contribution is 9.10. The lowest BCUT2D eigenvalue weighted by Crippen LogP contribution is -2.17. The molecule has 152 valence electrons. The Labute approximate surface area is 189 Å². The molecule has 1 N–H and O–H groups in total. The standard InChI is InChI=1S/C22H23BrN2O2S2/c1-13-5-7-15-16(10-13)22(28)29-21(17(15)12-24)25-20(26)4-3-9-27-19-8-6-14(2)11-18(19)23/h6,8,11,13H,3-5,7,9-10H2,1-2H3,(H,25,26). The Hall–Kier alpha value is -1.75. The van der Waals surface area contributed by atoms with Crippen molar-refractivity contribution in [1.82, 2.24) is 0 Å². The summed E-state index contributed by atoms with van der Waals surface area (Å²) in [4.78, 5) is 12.4. The van der Waals surface area contributed by atoms with Gasteiger partial charge in [-0.2, -0.15) is 5.26 Å². The second-order valence-electron chi connectivity index (χ2n) is 7.44. The molecule has 1 aliphatic carbocycles. The average Bonchev–Trinajstić information content (AvgIpc) is 2.67. The Balaban J connectivity index is 1.60. The Morgan fingerprint density at radius 2 is 2.24 bits per heavy atom. The van der Waals surface area contributed by atoms with Crippen molar-refractivity contribution < 1.29 is 9.53 Å². The predicted molar refractivity (Wildman–Crippen MR) is 123 cm³/mol. The molecule has 1 atom stereocenters. The Morgan fingerprint density at radius 1 is 1.45 bits per heavy atom. The number of ether oxygens (including phenoxy) is 1. The molecular formula is C22H23BrN2O2S2. The number of hydrogen-bond acceptors (Lipinski definition) is 5. The van der Waals surface area contributed by atoms with Crippen LogP contribution in [0.5, 0.6) is 5.75 Å². The smallest absolute Gasteiger partial charge is 0.225 e. The third kappa shape index (κ3) is 5.44. The van der Waals surface area contributed by atoms with Crippen molar-refractivity contribution in [3.63, 3.8) is 0 Å². The summed E-state index contributed by atoms with van der Waals surface area (Å²) < 4.78 is 7.44. The summed E-state index contributed by atoms with van der Waals surface area (Å²) in [5.41, 5.74) is 3.88. The number of amides is 1. The molecule has 0 saturated carbocycles. The Kier molecular flexibility index (Phi) is 7.44. The first-order valence-corrected chi connectivity index (χ1v) is 11.7. The van der Waals surface area contributed by atoms with E-state index in [4.69, 9.17) is 17.0 Å². The quantitative estimate of drug-likeness (QED) is 0.378. The molecule has 2 aromatic rings. The number of halogens is 1. The topological polar surface area (TPSA) is 62.1 Å². The van der Waals surface area contributed by atoms with Crippen LogP contribution in [0.2, 0.25) is 0 Å². The van der Waals surface area contributed by atoms with Crippen molar-refractivity contribution in [2.24, 2.45) is 5.92 Å². The minimum Gasteiger partial charge on any atom is -0.492 e. The van der Waals surface area contributed by atoms with Gasteiger partial charge in [0.1, 0.15) is 16.8 Å². The van der Waals surface area contributed by atoms with Gasteiger partial charge in [-0.25, -0.2) is 0 Å². The molecule has 0 aliphatic heterocycles. The fourth-order valence-corrected chi connectivity index (χ4v) is 5.49. The molecule has 1 unspecified atom stereocenters. The number of fused-ring (bicyclic) bond motifs is 1. The van der Waals surface area contributed by atoms with Crippen LogP contribution in [-0.4, -0.2) is 12.5 Å². The maximum Gasteiger partial charge on any atom is 0.225 e. The van der Waals surface area contributed by atoms with E-state index in [1.165, 1.54) is 11.3 Å². The summed E-state index contributed by atoms with van der Waals surface area (Å²) in [6.07, 6.45) is 3.71. The molecule has 1 aromatic carbocycles. The molecule has 0 saturated heterocycles. The van der Waals surface area contributed by atoms with Gasteiger partial charge in [0, 0.05) is 6.42 Å². The maximum atomic E-state index is 12.4. The first kappa shape index (κ1) is 21.9. The molecule has 1 heterocycles. The van der Waals surface area contributed by atoms with E-state index in [9.17, 15) is 10.1 Å². The van der Waals surface area contributed by atoms with Crippen LogP contribution in [0.3, 0.4) is 0 Å². The van der Waals surface area contributed by atoms with E-state index in [1.54, 1.807) is 0 Å². The number of nitriles is 1. The molecule has 0 fully saturated rings. The molecule has 0 radical (unpaired) electrons. The van der Waals surface area contributed by atoms with Crippen molar-refractivity contribution in [3.8, 4) is 11.8 Å². The third-order valence-corrected chi connectivity index (χ3v) is 7.09. The van der Waals surface area contributed by atoms with Gasteiger partial charge in [0.15, 0.2) is 0 Å². The highest BCUT2D eigenvalue weighted by atomic mass is 79.9. The fraction of sp³-hybridized carbons (Fsp3) is 0.409. The molecular weight excluding hydrogens is 468 g/mol. The van der Waals surface area contributed by atoms with E-state index < -0.39 is 0 Å². The van der Waals surface area contributed by atoms with Gasteiger partial charge in [-0.3, -0.25) is 4.79 Å². The Morgan fingerprint density at radius 3 is 2.97 bits per heavy atom. The summed E-state index contributed by atoms with van der Waals surface area (Å²) in [6, 6.07) is 8.19. The number of nitrogens with one attached hydrogen (secondary N) is 1.